The first-order valence-corrected chi connectivity index (χ1v) is 19.7. The molecule has 0 unspecified atom stereocenters. The molecule has 7 aliphatic heterocycles. The predicted molar refractivity (Wildman–Crippen MR) is 199 cm³/mol. The second-order valence-corrected chi connectivity index (χ2v) is 17.5. The van der Waals surface area contributed by atoms with E-state index < -0.39 is 0 Å². The smallest absolute Gasteiger partial charge is 0.310 e. The molecule has 9 heteroatoms. The number of fused-ring (bicyclic) bond motifs is 13. The van der Waals surface area contributed by atoms with Crippen molar-refractivity contribution in [2.75, 3.05) is 52.9 Å². The Bertz CT molecular complexity index is 2070. The predicted octanol–water partition coefficient (Wildman–Crippen LogP) is 5.79. The van der Waals surface area contributed by atoms with Crippen LogP contribution in [0.5, 0.6) is 11.5 Å². The molecule has 0 amide bonds. The largest absolute Gasteiger partial charge is 0.497 e. The van der Waals surface area contributed by atoms with Gasteiger partial charge >= 0.3 is 5.97 Å². The summed E-state index contributed by atoms with van der Waals surface area (Å²) in [6.45, 7) is 7.28. The van der Waals surface area contributed by atoms with Gasteiger partial charge in [0, 0.05) is 78.3 Å². The fourth-order valence-electron chi connectivity index (χ4n) is 14.0. The molecule has 4 saturated heterocycles. The van der Waals surface area contributed by atoms with Crippen LogP contribution in [-0.4, -0.2) is 92.8 Å². The maximum absolute atomic E-state index is 14.1. The molecule has 8 heterocycles. The number of anilines is 1. The zero-order valence-corrected chi connectivity index (χ0v) is 31.6. The van der Waals surface area contributed by atoms with Crippen LogP contribution in [-0.2, 0) is 33.2 Å². The molecular formula is C43H52N4O5. The van der Waals surface area contributed by atoms with Gasteiger partial charge in [-0.25, -0.2) is 0 Å². The number of esters is 1. The fourth-order valence-corrected chi connectivity index (χ4v) is 14.0. The Morgan fingerprint density at radius 2 is 1.90 bits per heavy atom. The second-order valence-electron chi connectivity index (χ2n) is 17.5. The van der Waals surface area contributed by atoms with Crippen molar-refractivity contribution in [1.82, 2.24) is 14.4 Å². The minimum Gasteiger partial charge on any atom is -0.497 e. The van der Waals surface area contributed by atoms with Crippen LogP contribution in [0.2, 0.25) is 0 Å². The summed E-state index contributed by atoms with van der Waals surface area (Å²) in [4.78, 5) is 21.9. The van der Waals surface area contributed by atoms with Crippen LogP contribution < -0.4 is 14.4 Å². The third kappa shape index (κ3) is 3.73. The number of likely N-dealkylation sites (N-methyl/N-ethyl adjacent to an activating group) is 2. The topological polar surface area (TPSA) is 68.6 Å². The lowest BCUT2D eigenvalue weighted by Crippen LogP contribution is -2.72. The number of methoxy groups -OCH3 is 2. The average molecular weight is 705 g/mol. The zero-order valence-electron chi connectivity index (χ0n) is 31.6. The van der Waals surface area contributed by atoms with E-state index in [0.29, 0.717) is 30.0 Å². The quantitative estimate of drug-likeness (QED) is 0.246. The average Bonchev–Trinajstić information content (AvgIpc) is 3.57. The monoisotopic (exact) mass is 704 g/mol. The Morgan fingerprint density at radius 3 is 2.69 bits per heavy atom. The Kier molecular flexibility index (Phi) is 6.63. The number of benzene rings is 2. The summed E-state index contributed by atoms with van der Waals surface area (Å²) >= 11 is 0. The van der Waals surface area contributed by atoms with Gasteiger partial charge in [-0.15, -0.1) is 0 Å². The normalized spacial score (nSPS) is 40.3. The van der Waals surface area contributed by atoms with Gasteiger partial charge in [0.25, 0.3) is 0 Å². The van der Waals surface area contributed by atoms with Gasteiger partial charge in [0.1, 0.15) is 11.5 Å². The second kappa shape index (κ2) is 10.8. The number of piperidine rings is 3. The number of carbonyl (C=O) groups excluding carboxylic acids is 1. The third-order valence-corrected chi connectivity index (χ3v) is 16.2. The van der Waals surface area contributed by atoms with Crippen LogP contribution in [0.4, 0.5) is 5.69 Å². The van der Waals surface area contributed by atoms with E-state index in [1.54, 1.807) is 14.2 Å². The van der Waals surface area contributed by atoms with Crippen LogP contribution in [0.25, 0.3) is 10.9 Å². The summed E-state index contributed by atoms with van der Waals surface area (Å²) in [5.74, 6) is 3.30. The Hall–Kier alpha value is -3.53. The van der Waals surface area contributed by atoms with Crippen LogP contribution in [0.1, 0.15) is 67.5 Å². The van der Waals surface area contributed by atoms with Crippen LogP contribution in [0.15, 0.2) is 42.0 Å². The molecule has 12 atom stereocenters. The van der Waals surface area contributed by atoms with Crippen molar-refractivity contribution in [3.8, 4) is 11.5 Å². The number of aromatic nitrogens is 1. The van der Waals surface area contributed by atoms with Gasteiger partial charge in [0.2, 0.25) is 6.29 Å². The van der Waals surface area contributed by atoms with E-state index in [9.17, 15) is 4.79 Å². The van der Waals surface area contributed by atoms with Gasteiger partial charge in [0.05, 0.1) is 38.8 Å². The standard InChI is InChI=1S/C43H52N4O5/c1-8-22-19-47-12-11-43-30-14-24-21(2)37-27-16-34-39-28(26-13-23(49-6)9-10-31(26)45(39)4)17-32(44(34)3)29(27)20-51-42(37)52-36(24)18-33(30)46(5)40(43)35(47)15-25(22)38(43)41(48)50-7/h8-10,13-14,18,21,25,27,29,32,34-35,37-38,40,42H,11-12,15-17,19-20H2,1-7H3/b22-8-/t21-,25-,27+,29+,32-,34-,35-,37-,38-,40-,42-,43-/m0/s1. The first-order chi connectivity index (χ1) is 25.2. The van der Waals surface area contributed by atoms with E-state index in [1.165, 1.54) is 44.5 Å². The maximum atomic E-state index is 14.1. The van der Waals surface area contributed by atoms with E-state index in [2.05, 4.69) is 90.7 Å². The number of aryl methyl sites for hydroxylation is 1. The molecule has 1 aromatic heterocycles. The molecule has 5 bridgehead atoms. The number of hydrogen-bond acceptors (Lipinski definition) is 8. The van der Waals surface area contributed by atoms with Gasteiger partial charge in [-0.1, -0.05) is 18.6 Å². The van der Waals surface area contributed by atoms with E-state index in [4.69, 9.17) is 18.9 Å². The highest BCUT2D eigenvalue weighted by molar-refractivity contribution is 5.87. The van der Waals surface area contributed by atoms with Crippen LogP contribution >= 0.6 is 0 Å². The molecular weight excluding hydrogens is 652 g/mol. The third-order valence-electron chi connectivity index (χ3n) is 16.2. The van der Waals surface area contributed by atoms with Gasteiger partial charge in [-0.3, -0.25) is 14.6 Å². The van der Waals surface area contributed by atoms with Crippen molar-refractivity contribution in [3.63, 3.8) is 0 Å². The first kappa shape index (κ1) is 31.9. The Labute approximate surface area is 306 Å². The van der Waals surface area contributed by atoms with E-state index in [-0.39, 0.29) is 47.4 Å². The van der Waals surface area contributed by atoms with E-state index >= 15 is 0 Å². The van der Waals surface area contributed by atoms with Gasteiger partial charge in [-0.05, 0) is 105 Å². The maximum Gasteiger partial charge on any atom is 0.310 e. The minimum atomic E-state index is -0.286. The molecule has 3 aromatic rings. The van der Waals surface area contributed by atoms with Crippen molar-refractivity contribution in [3.05, 3.63) is 64.4 Å². The van der Waals surface area contributed by atoms with Crippen molar-refractivity contribution in [1.29, 1.82) is 0 Å². The SMILES string of the molecule is C/C=C1/CN2CC[C@@]34c5cc6c(cc5N(C)[C@H]3[C@@H]2C[C@@H]1[C@H]4C(=O)OC)O[C@@H]1OC[C@@H]2[C@@H](C[C@H]3c4c(c5cc(OC)ccc5n4C)C[C@@H]2N3C)[C@@H]1[C@H]6C. The Balaban J connectivity index is 1.00. The van der Waals surface area contributed by atoms with E-state index in [1.807, 2.05) is 0 Å². The highest BCUT2D eigenvalue weighted by atomic mass is 16.7. The molecule has 8 aliphatic rings. The molecule has 2 aromatic carbocycles. The molecule has 274 valence electrons. The first-order valence-electron chi connectivity index (χ1n) is 19.7. The summed E-state index contributed by atoms with van der Waals surface area (Å²) in [6.07, 6.45) is 6.12. The molecule has 11 rings (SSSR count). The van der Waals surface area contributed by atoms with Gasteiger partial charge < -0.3 is 28.4 Å². The van der Waals surface area contributed by atoms with Crippen molar-refractivity contribution < 1.29 is 23.7 Å². The lowest BCUT2D eigenvalue weighted by molar-refractivity contribution is -0.221. The summed E-state index contributed by atoms with van der Waals surface area (Å²) in [6, 6.07) is 12.8. The lowest BCUT2D eigenvalue weighted by atomic mass is 9.50. The highest BCUT2D eigenvalue weighted by Gasteiger charge is 2.69. The van der Waals surface area contributed by atoms with Gasteiger partial charge in [0.15, 0.2) is 0 Å². The minimum absolute atomic E-state index is 0.0426. The molecule has 0 radical (unpaired) electrons. The number of rotatable bonds is 2. The van der Waals surface area contributed by atoms with Crippen molar-refractivity contribution >= 4 is 22.6 Å². The highest BCUT2D eigenvalue weighted by Crippen LogP contribution is 2.65. The fraction of sp³-hybridized carbons (Fsp3) is 0.605. The molecule has 1 saturated carbocycles. The van der Waals surface area contributed by atoms with E-state index in [0.717, 1.165) is 56.9 Å². The van der Waals surface area contributed by atoms with Crippen LogP contribution in [0, 0.1) is 29.6 Å². The molecule has 1 aliphatic carbocycles. The number of carbonyl (C=O) groups is 1. The number of nitrogens with zero attached hydrogens (tertiary/aromatic N) is 4. The lowest BCUT2D eigenvalue weighted by Gasteiger charge is -2.63. The molecule has 9 nitrogen and oxygen atoms in total. The van der Waals surface area contributed by atoms with Crippen molar-refractivity contribution in [2.45, 2.75) is 81.3 Å². The number of hydrogen-bond donors (Lipinski definition) is 0. The molecule has 52 heavy (non-hydrogen) atoms. The summed E-state index contributed by atoms with van der Waals surface area (Å²) in [5, 5.41) is 1.33. The number of allylic oxidation sites excluding steroid dienone is 1. The van der Waals surface area contributed by atoms with Crippen molar-refractivity contribution in [2.24, 2.45) is 36.6 Å². The summed E-state index contributed by atoms with van der Waals surface area (Å²) < 4.78 is 27.6. The summed E-state index contributed by atoms with van der Waals surface area (Å²) in [5.41, 5.74) is 9.22. The zero-order chi connectivity index (χ0) is 35.5. The molecule has 0 N–H and O–H groups in total. The van der Waals surface area contributed by atoms with Crippen LogP contribution in [0.3, 0.4) is 0 Å². The summed E-state index contributed by atoms with van der Waals surface area (Å²) in [7, 11) is 10.2. The molecule has 5 fully saturated rings. The van der Waals surface area contributed by atoms with Gasteiger partial charge in [-0.2, -0.15) is 0 Å². The number of ether oxygens (including phenoxy) is 4. The Morgan fingerprint density at radius 1 is 1.06 bits per heavy atom. The molecule has 0 spiro atoms.